The molecule has 1 aromatic heterocycles. The van der Waals surface area contributed by atoms with Gasteiger partial charge in [0.05, 0.1) is 10.7 Å². The fraction of sp³-hybridized carbons (Fsp3) is 0.600. The van der Waals surface area contributed by atoms with Gasteiger partial charge in [-0.1, -0.05) is 0 Å². The summed E-state index contributed by atoms with van der Waals surface area (Å²) in [5.41, 5.74) is 0.357. The number of aryl methyl sites for hydroxylation is 1. The van der Waals surface area contributed by atoms with Crippen LogP contribution in [0.1, 0.15) is 36.8 Å². The molecule has 0 aromatic carbocycles. The number of amides is 1. The number of thiazole rings is 1. The molecule has 1 aromatic rings. The van der Waals surface area contributed by atoms with Crippen LogP contribution in [0.4, 0.5) is 0 Å². The predicted octanol–water partition coefficient (Wildman–Crippen LogP) is 2.65. The van der Waals surface area contributed by atoms with Crippen LogP contribution in [0.15, 0.2) is 5.38 Å². The number of nitrogens with one attached hydrogen (secondary N) is 1. The minimum Gasteiger partial charge on any atom is -0.350 e. The van der Waals surface area contributed by atoms with Crippen molar-refractivity contribution in [2.75, 3.05) is 0 Å². The van der Waals surface area contributed by atoms with Gasteiger partial charge in [-0.2, -0.15) is 0 Å². The average Bonchev–Trinajstić information content (AvgIpc) is 2.47. The molecule has 0 saturated carbocycles. The number of nitrogens with zero attached hydrogens (tertiary/aromatic N) is 1. The van der Waals surface area contributed by atoms with Crippen LogP contribution in [-0.4, -0.2) is 16.4 Å². The molecule has 1 unspecified atom stereocenters. The van der Waals surface area contributed by atoms with Gasteiger partial charge >= 0.3 is 0 Å². The van der Waals surface area contributed by atoms with Crippen molar-refractivity contribution < 1.29 is 4.79 Å². The molecule has 0 aliphatic rings. The van der Waals surface area contributed by atoms with Crippen molar-refractivity contribution in [1.82, 2.24) is 10.3 Å². The fourth-order valence-electron chi connectivity index (χ4n) is 1.06. The zero-order valence-corrected chi connectivity index (χ0v) is 10.9. The van der Waals surface area contributed by atoms with Crippen molar-refractivity contribution in [3.05, 3.63) is 16.1 Å². The normalized spacial score (nSPS) is 13.7. The van der Waals surface area contributed by atoms with Crippen LogP contribution in [-0.2, 0) is 4.79 Å². The SMILES string of the molecule is Cc1nc(C(Cl)C(=O)NC(C)(C)C)cs1. The third-order valence-electron chi connectivity index (χ3n) is 1.62. The first-order chi connectivity index (χ1) is 6.79. The highest BCUT2D eigenvalue weighted by atomic mass is 35.5. The van der Waals surface area contributed by atoms with E-state index < -0.39 is 5.38 Å². The van der Waals surface area contributed by atoms with Crippen LogP contribution >= 0.6 is 22.9 Å². The van der Waals surface area contributed by atoms with E-state index >= 15 is 0 Å². The predicted molar refractivity (Wildman–Crippen MR) is 63.3 cm³/mol. The molecule has 0 aliphatic carbocycles. The summed E-state index contributed by atoms with van der Waals surface area (Å²) >= 11 is 7.50. The first-order valence-electron chi connectivity index (χ1n) is 4.68. The van der Waals surface area contributed by atoms with Gasteiger partial charge in [0.15, 0.2) is 5.38 Å². The van der Waals surface area contributed by atoms with E-state index in [-0.39, 0.29) is 11.4 Å². The van der Waals surface area contributed by atoms with Crippen molar-refractivity contribution in [1.29, 1.82) is 0 Å². The molecule has 5 heteroatoms. The molecule has 0 fully saturated rings. The Morgan fingerprint density at radius 2 is 2.20 bits per heavy atom. The third kappa shape index (κ3) is 3.80. The molecule has 0 radical (unpaired) electrons. The molecule has 1 atom stereocenters. The van der Waals surface area contributed by atoms with E-state index in [1.807, 2.05) is 33.1 Å². The van der Waals surface area contributed by atoms with Crippen LogP contribution in [0.25, 0.3) is 0 Å². The lowest BCUT2D eigenvalue weighted by Gasteiger charge is -2.21. The number of aromatic nitrogens is 1. The Balaban J connectivity index is 2.69. The lowest BCUT2D eigenvalue weighted by atomic mass is 10.1. The van der Waals surface area contributed by atoms with Gasteiger partial charge in [-0.15, -0.1) is 22.9 Å². The summed E-state index contributed by atoms with van der Waals surface area (Å²) in [6.07, 6.45) is 0. The van der Waals surface area contributed by atoms with E-state index in [4.69, 9.17) is 11.6 Å². The van der Waals surface area contributed by atoms with Crippen LogP contribution in [0.2, 0.25) is 0 Å². The molecule has 0 saturated heterocycles. The second kappa shape index (κ2) is 4.49. The van der Waals surface area contributed by atoms with Crippen LogP contribution in [0.5, 0.6) is 0 Å². The number of hydrogen-bond donors (Lipinski definition) is 1. The largest absolute Gasteiger partial charge is 0.350 e. The molecule has 15 heavy (non-hydrogen) atoms. The molecular formula is C10H15ClN2OS. The summed E-state index contributed by atoms with van der Waals surface area (Å²) in [4.78, 5) is 15.9. The van der Waals surface area contributed by atoms with Crippen LogP contribution in [0, 0.1) is 6.92 Å². The van der Waals surface area contributed by atoms with Crippen molar-refractivity contribution in [2.24, 2.45) is 0 Å². The second-order valence-corrected chi connectivity index (χ2v) is 5.89. The molecule has 3 nitrogen and oxygen atoms in total. The lowest BCUT2D eigenvalue weighted by Crippen LogP contribution is -2.42. The summed E-state index contributed by atoms with van der Waals surface area (Å²) in [5.74, 6) is -0.200. The van der Waals surface area contributed by atoms with E-state index in [0.29, 0.717) is 5.69 Å². The Bertz CT molecular complexity index is 357. The van der Waals surface area contributed by atoms with Gasteiger partial charge in [0.25, 0.3) is 0 Å². The first kappa shape index (κ1) is 12.5. The minimum absolute atomic E-state index is 0.200. The quantitative estimate of drug-likeness (QED) is 0.816. The maximum Gasteiger partial charge on any atom is 0.244 e. The Labute approximate surface area is 98.9 Å². The zero-order chi connectivity index (χ0) is 11.6. The Morgan fingerprint density at radius 3 is 2.60 bits per heavy atom. The van der Waals surface area contributed by atoms with Crippen LogP contribution in [0.3, 0.4) is 0 Å². The monoisotopic (exact) mass is 246 g/mol. The molecule has 0 aliphatic heterocycles. The van der Waals surface area contributed by atoms with E-state index in [0.717, 1.165) is 5.01 Å². The standard InChI is InChI=1S/C10H15ClN2OS/c1-6-12-7(5-15-6)8(11)9(14)13-10(2,3)4/h5,8H,1-4H3,(H,13,14). The molecule has 1 N–H and O–H groups in total. The minimum atomic E-state index is -0.700. The Morgan fingerprint density at radius 1 is 1.60 bits per heavy atom. The average molecular weight is 247 g/mol. The van der Waals surface area contributed by atoms with E-state index in [9.17, 15) is 4.79 Å². The molecule has 0 bridgehead atoms. The smallest absolute Gasteiger partial charge is 0.244 e. The molecular weight excluding hydrogens is 232 g/mol. The van der Waals surface area contributed by atoms with Gasteiger partial charge in [-0.05, 0) is 27.7 Å². The first-order valence-corrected chi connectivity index (χ1v) is 5.99. The summed E-state index contributed by atoms with van der Waals surface area (Å²) in [7, 11) is 0. The summed E-state index contributed by atoms with van der Waals surface area (Å²) in [6, 6.07) is 0. The highest BCUT2D eigenvalue weighted by Crippen LogP contribution is 2.23. The number of halogens is 1. The molecule has 0 spiro atoms. The van der Waals surface area contributed by atoms with Crippen molar-refractivity contribution >= 4 is 28.8 Å². The third-order valence-corrected chi connectivity index (χ3v) is 2.84. The Kier molecular flexibility index (Phi) is 3.73. The summed E-state index contributed by atoms with van der Waals surface area (Å²) < 4.78 is 0. The highest BCUT2D eigenvalue weighted by Gasteiger charge is 2.23. The molecule has 84 valence electrons. The maximum absolute atomic E-state index is 11.7. The highest BCUT2D eigenvalue weighted by molar-refractivity contribution is 7.09. The summed E-state index contributed by atoms with van der Waals surface area (Å²) in [5, 5.41) is 4.85. The van der Waals surface area contributed by atoms with E-state index in [1.165, 1.54) is 11.3 Å². The van der Waals surface area contributed by atoms with Gasteiger partial charge in [-0.25, -0.2) is 4.98 Å². The van der Waals surface area contributed by atoms with Crippen molar-refractivity contribution in [2.45, 2.75) is 38.6 Å². The number of hydrogen-bond acceptors (Lipinski definition) is 3. The van der Waals surface area contributed by atoms with Gasteiger partial charge in [0.1, 0.15) is 0 Å². The number of alkyl halides is 1. The zero-order valence-electron chi connectivity index (χ0n) is 9.30. The summed E-state index contributed by atoms with van der Waals surface area (Å²) in [6.45, 7) is 7.64. The van der Waals surface area contributed by atoms with E-state index in [2.05, 4.69) is 10.3 Å². The fourth-order valence-corrected chi connectivity index (χ4v) is 1.94. The van der Waals surface area contributed by atoms with Gasteiger partial charge in [0, 0.05) is 10.9 Å². The second-order valence-electron chi connectivity index (χ2n) is 4.39. The topological polar surface area (TPSA) is 42.0 Å². The maximum atomic E-state index is 11.7. The van der Waals surface area contributed by atoms with Crippen molar-refractivity contribution in [3.63, 3.8) is 0 Å². The number of carbonyl (C=O) groups is 1. The van der Waals surface area contributed by atoms with Gasteiger partial charge < -0.3 is 5.32 Å². The van der Waals surface area contributed by atoms with Crippen LogP contribution < -0.4 is 5.32 Å². The molecule has 1 rings (SSSR count). The van der Waals surface area contributed by atoms with Crippen molar-refractivity contribution in [3.8, 4) is 0 Å². The molecule has 1 heterocycles. The van der Waals surface area contributed by atoms with Gasteiger partial charge in [-0.3, -0.25) is 4.79 Å². The Hall–Kier alpha value is -0.610. The number of rotatable bonds is 2. The van der Waals surface area contributed by atoms with Gasteiger partial charge in [0.2, 0.25) is 5.91 Å². The molecule has 1 amide bonds. The number of carbonyl (C=O) groups excluding carboxylic acids is 1. The van der Waals surface area contributed by atoms with E-state index in [1.54, 1.807) is 0 Å². The lowest BCUT2D eigenvalue weighted by molar-refractivity contribution is -0.122.